The van der Waals surface area contributed by atoms with Crippen LogP contribution in [0, 0.1) is 0 Å². The molecule has 2 saturated heterocycles. The molecular weight excluding hydrogens is 591 g/mol. The summed E-state index contributed by atoms with van der Waals surface area (Å²) < 4.78 is 0. The van der Waals surface area contributed by atoms with Crippen LogP contribution in [0.3, 0.4) is 0 Å². The molecule has 0 bridgehead atoms. The molecule has 11 nitrogen and oxygen atoms in total. The summed E-state index contributed by atoms with van der Waals surface area (Å²) in [6.07, 6.45) is 0. The summed E-state index contributed by atoms with van der Waals surface area (Å²) in [7, 11) is 0. The fourth-order valence-electron chi connectivity index (χ4n) is 3.26. The minimum Gasteiger partial charge on any atom is -0.870 e. The Kier molecular flexibility index (Phi) is 23.5. The molecule has 0 spiro atoms. The number of hydrogen-bond donors (Lipinski definition) is 5. The van der Waals surface area contributed by atoms with Crippen LogP contribution in [0.25, 0.3) is 0 Å². The number of aliphatic hydroxyl groups is 2. The maximum Gasteiger partial charge on any atom is 1.00 e. The zero-order chi connectivity index (χ0) is 27.8. The predicted molar refractivity (Wildman–Crippen MR) is 160 cm³/mol. The zero-order valence-corrected chi connectivity index (χ0v) is 26.6. The molecule has 0 aromatic heterocycles. The van der Waals surface area contributed by atoms with E-state index in [1.165, 1.54) is 4.90 Å². The second-order valence-electron chi connectivity index (χ2n) is 9.56. The summed E-state index contributed by atoms with van der Waals surface area (Å²) in [6, 6.07) is 14.0. The molecule has 4 rings (SSSR count). The first kappa shape index (κ1) is 47.1. The zero-order valence-electron chi connectivity index (χ0n) is 22.7. The summed E-state index contributed by atoms with van der Waals surface area (Å²) in [6.45, 7) is 6.99. The normalized spacial score (nSPS) is 15.1. The number of aliphatic hydroxyl groups excluding tert-OH is 2. The monoisotopic (exact) mass is 636 g/mol. The number of amides is 6. The molecule has 2 aromatic carbocycles. The quantitative estimate of drug-likeness (QED) is 0.186. The number of rotatable bonds is 5. The first-order chi connectivity index (χ1) is 17.3. The molecule has 2 fully saturated rings. The van der Waals surface area contributed by atoms with Crippen molar-refractivity contribution in [2.24, 2.45) is 0 Å². The maximum absolute atomic E-state index is 12.0. The first-order valence-corrected chi connectivity index (χ1v) is 12.1. The van der Waals surface area contributed by atoms with Crippen LogP contribution in [0.2, 0.25) is 0 Å². The van der Waals surface area contributed by atoms with Gasteiger partial charge in [0.1, 0.15) is 11.1 Å². The first-order valence-electron chi connectivity index (χ1n) is 11.5. The van der Waals surface area contributed by atoms with Gasteiger partial charge in [-0.2, -0.15) is 0 Å². The summed E-state index contributed by atoms with van der Waals surface area (Å²) in [4.78, 5) is 46.0. The molecule has 232 valence electrons. The number of urea groups is 2. The van der Waals surface area contributed by atoms with Crippen molar-refractivity contribution in [2.45, 2.75) is 86.7 Å². The van der Waals surface area contributed by atoms with Crippen LogP contribution in [-0.4, -0.2) is 55.5 Å². The average molecular weight is 637 g/mol. The Hall–Kier alpha value is -1.87. The number of alkyl halides is 1. The van der Waals surface area contributed by atoms with Crippen molar-refractivity contribution in [3.8, 4) is 0 Å². The number of hydrogen-bond acceptors (Lipinski definition) is 7. The van der Waals surface area contributed by atoms with Crippen LogP contribution in [0.5, 0.6) is 0 Å². The molecule has 0 saturated carbocycles. The van der Waals surface area contributed by atoms with Crippen LogP contribution in [0.15, 0.2) is 48.5 Å². The predicted octanol–water partition coefficient (Wildman–Crippen LogP) is 1.27. The third kappa shape index (κ3) is 13.6. The van der Waals surface area contributed by atoms with E-state index >= 15 is 0 Å². The van der Waals surface area contributed by atoms with Gasteiger partial charge in [0.2, 0.25) is 0 Å². The van der Waals surface area contributed by atoms with Gasteiger partial charge in [-0.1, -0.05) is 70.8 Å². The number of nitrogens with zero attached hydrogens (tertiary/aromatic N) is 1. The second kappa shape index (κ2) is 20.9. The molecule has 0 aliphatic carbocycles. The third-order valence-corrected chi connectivity index (χ3v) is 5.88. The van der Waals surface area contributed by atoms with E-state index in [1.54, 1.807) is 52.0 Å². The fourth-order valence-corrected chi connectivity index (χ4v) is 3.44. The van der Waals surface area contributed by atoms with Gasteiger partial charge in [0.25, 0.3) is 11.8 Å². The van der Waals surface area contributed by atoms with Gasteiger partial charge in [-0.3, -0.25) is 19.8 Å². The fraction of sp³-hybridized carbons (Fsp3) is 0.448. The third-order valence-electron chi connectivity index (χ3n) is 5.57. The van der Waals surface area contributed by atoms with Gasteiger partial charge in [-0.15, -0.1) is 11.6 Å². The van der Waals surface area contributed by atoms with E-state index in [0.717, 1.165) is 22.3 Å². The summed E-state index contributed by atoms with van der Waals surface area (Å²) in [5, 5.41) is 24.8. The van der Waals surface area contributed by atoms with Crippen molar-refractivity contribution >= 4 is 35.5 Å². The Morgan fingerprint density at radius 1 is 0.714 bits per heavy atom. The molecule has 0 atom stereocenters. The molecular formula is C29H46ClKN4O7. The summed E-state index contributed by atoms with van der Waals surface area (Å²) >= 11 is 5.56. The largest absolute Gasteiger partial charge is 1.00 e. The van der Waals surface area contributed by atoms with Gasteiger partial charge < -0.3 is 26.3 Å². The minimum atomic E-state index is -0.831. The Morgan fingerprint density at radius 3 is 1.38 bits per heavy atom. The van der Waals surface area contributed by atoms with Crippen LogP contribution < -0.4 is 67.3 Å². The number of halogens is 1. The van der Waals surface area contributed by atoms with Crippen LogP contribution >= 0.6 is 11.6 Å². The smallest absolute Gasteiger partial charge is 0.870 e. The number of benzene rings is 2. The molecule has 0 radical (unpaired) electrons. The average Bonchev–Trinajstić information content (AvgIpc) is 3.22. The van der Waals surface area contributed by atoms with E-state index in [9.17, 15) is 19.2 Å². The molecule has 2 aliphatic rings. The Morgan fingerprint density at radius 2 is 1.12 bits per heavy atom. The molecule has 0 unspecified atom stereocenters. The van der Waals surface area contributed by atoms with E-state index in [1.807, 2.05) is 24.3 Å². The van der Waals surface area contributed by atoms with Gasteiger partial charge in [0.05, 0.1) is 19.8 Å². The SMILES string of the molecule is C.C.C.CC1(C)NC(=O)N(Cc2ccc(CO)cc2)C1=O.CC1(C)NC(=O)NC1=O.OCc1ccc(CCl)cc1.[K+].[OH-]. The van der Waals surface area contributed by atoms with Crippen LogP contribution in [0.1, 0.15) is 72.2 Å². The molecule has 6 amide bonds. The van der Waals surface area contributed by atoms with Crippen LogP contribution in [-0.2, 0) is 35.2 Å². The summed E-state index contributed by atoms with van der Waals surface area (Å²) in [5.74, 6) is 0.0392. The topological polar surface area (TPSA) is 178 Å². The number of imide groups is 2. The maximum atomic E-state index is 12.0. The number of nitrogens with one attached hydrogen (secondary N) is 3. The van der Waals surface area contributed by atoms with Gasteiger partial charge >= 0.3 is 63.4 Å². The van der Waals surface area contributed by atoms with Gasteiger partial charge in [0.15, 0.2) is 0 Å². The minimum absolute atomic E-state index is 0. The van der Waals surface area contributed by atoms with Crippen molar-refractivity contribution < 1.29 is 86.3 Å². The second-order valence-corrected chi connectivity index (χ2v) is 9.83. The van der Waals surface area contributed by atoms with E-state index in [2.05, 4.69) is 16.0 Å². The van der Waals surface area contributed by atoms with Crippen molar-refractivity contribution in [3.63, 3.8) is 0 Å². The Bertz CT molecular complexity index is 1100. The molecule has 2 aliphatic heterocycles. The van der Waals surface area contributed by atoms with E-state index < -0.39 is 17.1 Å². The number of carbonyl (C=O) groups is 4. The van der Waals surface area contributed by atoms with E-state index in [0.29, 0.717) is 5.88 Å². The van der Waals surface area contributed by atoms with Crippen molar-refractivity contribution in [1.29, 1.82) is 0 Å². The molecule has 6 N–H and O–H groups in total. The summed E-state index contributed by atoms with van der Waals surface area (Å²) in [5.41, 5.74) is 2.11. The van der Waals surface area contributed by atoms with E-state index in [4.69, 9.17) is 21.8 Å². The molecule has 2 aromatic rings. The van der Waals surface area contributed by atoms with Gasteiger partial charge in [0, 0.05) is 5.88 Å². The molecule has 2 heterocycles. The Balaban J connectivity index is -0.000000262. The van der Waals surface area contributed by atoms with Crippen molar-refractivity contribution in [1.82, 2.24) is 20.9 Å². The van der Waals surface area contributed by atoms with Crippen molar-refractivity contribution in [2.75, 3.05) is 0 Å². The Labute approximate surface area is 297 Å². The standard InChI is InChI=1S/C13H16N2O3.C8H9ClO.C5H8N2O2.3CH4.K.H2O/c1-13(2)11(17)15(12(18)14-13)7-9-3-5-10(8-16)6-4-9;9-5-7-1-3-8(6-10)4-2-7;1-5(2)3(8)6-4(9)7-5;;;;;/h3-6,16H,7-8H2,1-2H3,(H,14,18);1-4,10H,5-6H2;1-2H3,(H2,6,7,8,9);3*1H4;;1H2/q;;;;;;+1;/p-1. The molecule has 13 heteroatoms. The van der Waals surface area contributed by atoms with Gasteiger partial charge in [-0.05, 0) is 49.9 Å². The van der Waals surface area contributed by atoms with Crippen LogP contribution in [0.4, 0.5) is 9.59 Å². The van der Waals surface area contributed by atoms with E-state index in [-0.39, 0.29) is 117 Å². The number of carbonyl (C=O) groups excluding carboxylic acids is 4. The van der Waals surface area contributed by atoms with Crippen molar-refractivity contribution in [3.05, 3.63) is 70.8 Å². The molecule has 42 heavy (non-hydrogen) atoms. The van der Waals surface area contributed by atoms with Gasteiger partial charge in [-0.25, -0.2) is 9.59 Å².